The lowest BCUT2D eigenvalue weighted by atomic mass is 9.72. The standard InChI is InChI=1S/C32H38N4O5/c1-21-17-23(26-7-3-4-8-29(26)33-21)20-41-25-12-10-24(11-13-25)34-31(38)27-14-9-22(18-28(27)32(39)35-40)19-30(37)36-15-5-2-6-16-36/h3-4,7-8,10-13,17,22,27-28,40H,2,5-6,9,14-16,18-20H2,1H3,(H,34,38)(H,35,39)/t22?,27-,28-/m0/s1. The summed E-state index contributed by atoms with van der Waals surface area (Å²) in [5.74, 6) is -1.35. The number of fused-ring (bicyclic) bond motifs is 1. The molecule has 0 spiro atoms. The van der Waals surface area contributed by atoms with Crippen LogP contribution in [0.5, 0.6) is 5.75 Å². The summed E-state index contributed by atoms with van der Waals surface area (Å²) in [6.45, 7) is 3.93. The summed E-state index contributed by atoms with van der Waals surface area (Å²) in [5, 5.41) is 13.3. The van der Waals surface area contributed by atoms with Gasteiger partial charge in [0.15, 0.2) is 0 Å². The third-order valence-corrected chi connectivity index (χ3v) is 8.36. The molecule has 9 heteroatoms. The topological polar surface area (TPSA) is 121 Å². The lowest BCUT2D eigenvalue weighted by Gasteiger charge is -2.35. The number of likely N-dealkylation sites (tertiary alicyclic amines) is 1. The van der Waals surface area contributed by atoms with Gasteiger partial charge in [0.1, 0.15) is 12.4 Å². The van der Waals surface area contributed by atoms with Crippen molar-refractivity contribution < 1.29 is 24.3 Å². The van der Waals surface area contributed by atoms with Gasteiger partial charge in [-0.3, -0.25) is 24.6 Å². The van der Waals surface area contributed by atoms with Gasteiger partial charge in [-0.05, 0) is 87.8 Å². The Hall–Kier alpha value is -3.98. The molecule has 1 aliphatic carbocycles. The van der Waals surface area contributed by atoms with E-state index in [1.807, 2.05) is 42.2 Å². The predicted molar refractivity (Wildman–Crippen MR) is 155 cm³/mol. The number of carbonyl (C=O) groups excluding carboxylic acids is 3. The van der Waals surface area contributed by atoms with E-state index in [4.69, 9.17) is 4.74 Å². The summed E-state index contributed by atoms with van der Waals surface area (Å²) in [6.07, 6.45) is 5.14. The number of piperidine rings is 1. The van der Waals surface area contributed by atoms with Crippen molar-refractivity contribution in [2.45, 2.75) is 58.5 Å². The number of carbonyl (C=O) groups is 3. The van der Waals surface area contributed by atoms with Crippen LogP contribution >= 0.6 is 0 Å². The lowest BCUT2D eigenvalue weighted by molar-refractivity contribution is -0.142. The fraction of sp³-hybridized carbons (Fsp3) is 0.438. The second-order valence-electron chi connectivity index (χ2n) is 11.3. The monoisotopic (exact) mass is 558 g/mol. The van der Waals surface area contributed by atoms with Crippen molar-refractivity contribution >= 4 is 34.3 Å². The smallest absolute Gasteiger partial charge is 0.247 e. The van der Waals surface area contributed by atoms with Crippen LogP contribution in [0, 0.1) is 24.7 Å². The number of hydrogen-bond donors (Lipinski definition) is 3. The van der Waals surface area contributed by atoms with Crippen molar-refractivity contribution in [1.82, 2.24) is 15.4 Å². The summed E-state index contributed by atoms with van der Waals surface area (Å²) in [7, 11) is 0. The van der Waals surface area contributed by atoms with Crippen LogP contribution in [0.4, 0.5) is 5.69 Å². The molecule has 9 nitrogen and oxygen atoms in total. The van der Waals surface area contributed by atoms with E-state index in [2.05, 4.69) is 10.3 Å². The first-order chi connectivity index (χ1) is 19.9. The minimum atomic E-state index is -0.700. The number of hydroxylamine groups is 1. The molecule has 216 valence electrons. The first kappa shape index (κ1) is 28.5. The minimum Gasteiger partial charge on any atom is -0.489 e. The van der Waals surface area contributed by atoms with Gasteiger partial charge in [0.05, 0.1) is 11.4 Å². The van der Waals surface area contributed by atoms with E-state index in [0.717, 1.165) is 54.5 Å². The van der Waals surface area contributed by atoms with E-state index in [1.165, 1.54) is 0 Å². The van der Waals surface area contributed by atoms with Crippen molar-refractivity contribution in [1.29, 1.82) is 0 Å². The number of aryl methyl sites for hydroxylation is 1. The zero-order valence-corrected chi connectivity index (χ0v) is 23.5. The number of nitrogens with one attached hydrogen (secondary N) is 2. The molecule has 3 aromatic rings. The van der Waals surface area contributed by atoms with Gasteiger partial charge in [-0.25, -0.2) is 5.48 Å². The Morgan fingerprint density at radius 1 is 0.976 bits per heavy atom. The van der Waals surface area contributed by atoms with Gasteiger partial charge in [0, 0.05) is 47.8 Å². The maximum absolute atomic E-state index is 13.2. The van der Waals surface area contributed by atoms with Crippen molar-refractivity contribution in [3.63, 3.8) is 0 Å². The molecule has 2 heterocycles. The summed E-state index contributed by atoms with van der Waals surface area (Å²) in [4.78, 5) is 45.1. The first-order valence-electron chi connectivity index (χ1n) is 14.5. The predicted octanol–water partition coefficient (Wildman–Crippen LogP) is 5.00. The Morgan fingerprint density at radius 3 is 2.49 bits per heavy atom. The number of anilines is 1. The van der Waals surface area contributed by atoms with Gasteiger partial charge in [0.25, 0.3) is 0 Å². The van der Waals surface area contributed by atoms with Gasteiger partial charge >= 0.3 is 0 Å². The molecule has 1 aliphatic heterocycles. The molecule has 0 bridgehead atoms. The SMILES string of the molecule is Cc1cc(COc2ccc(NC(=O)[C@H]3CCC(CC(=O)N4CCCCC4)C[C@@H]3C(=O)NO)cc2)c2ccccc2n1. The Bertz CT molecular complexity index is 1390. The Kier molecular flexibility index (Phi) is 9.14. The zero-order valence-electron chi connectivity index (χ0n) is 23.5. The molecule has 3 N–H and O–H groups in total. The fourth-order valence-electron chi connectivity index (χ4n) is 6.19. The van der Waals surface area contributed by atoms with Gasteiger partial charge < -0.3 is 15.0 Å². The summed E-state index contributed by atoms with van der Waals surface area (Å²) in [6, 6.07) is 17.1. The number of aromatic nitrogens is 1. The summed E-state index contributed by atoms with van der Waals surface area (Å²) in [5.41, 5.74) is 5.24. The maximum Gasteiger partial charge on any atom is 0.247 e. The van der Waals surface area contributed by atoms with Crippen LogP contribution in [0.2, 0.25) is 0 Å². The van der Waals surface area contributed by atoms with E-state index in [1.54, 1.807) is 29.7 Å². The molecule has 0 radical (unpaired) electrons. The highest BCUT2D eigenvalue weighted by atomic mass is 16.5. The average Bonchev–Trinajstić information content (AvgIpc) is 3.00. The highest BCUT2D eigenvalue weighted by Gasteiger charge is 2.40. The van der Waals surface area contributed by atoms with E-state index >= 15 is 0 Å². The molecule has 1 saturated heterocycles. The average molecular weight is 559 g/mol. The first-order valence-corrected chi connectivity index (χ1v) is 14.5. The van der Waals surface area contributed by atoms with E-state index < -0.39 is 17.7 Å². The normalized spacial score (nSPS) is 20.8. The number of amides is 3. The summed E-state index contributed by atoms with van der Waals surface area (Å²) >= 11 is 0. The van der Waals surface area contributed by atoms with Crippen LogP contribution in [-0.4, -0.2) is 45.9 Å². The molecule has 2 fully saturated rings. The number of para-hydroxylation sites is 1. The van der Waals surface area contributed by atoms with Gasteiger partial charge in [-0.1, -0.05) is 18.2 Å². The largest absolute Gasteiger partial charge is 0.489 e. The van der Waals surface area contributed by atoms with Crippen molar-refractivity contribution in [3.8, 4) is 5.75 Å². The van der Waals surface area contributed by atoms with Crippen LogP contribution in [0.1, 0.15) is 56.2 Å². The molecule has 1 unspecified atom stereocenters. The molecular weight excluding hydrogens is 520 g/mol. The highest BCUT2D eigenvalue weighted by Crippen LogP contribution is 2.37. The molecular formula is C32H38N4O5. The molecule has 1 aromatic heterocycles. The van der Waals surface area contributed by atoms with Crippen LogP contribution in [0.3, 0.4) is 0 Å². The van der Waals surface area contributed by atoms with Gasteiger partial charge in [-0.2, -0.15) is 0 Å². The van der Waals surface area contributed by atoms with Crippen molar-refractivity contribution in [2.24, 2.45) is 17.8 Å². The molecule has 3 amide bonds. The van der Waals surface area contributed by atoms with Gasteiger partial charge in [0.2, 0.25) is 17.7 Å². The Balaban J connectivity index is 1.17. The number of rotatable bonds is 8. The van der Waals surface area contributed by atoms with E-state index in [-0.39, 0.29) is 17.7 Å². The van der Waals surface area contributed by atoms with Crippen LogP contribution in [-0.2, 0) is 21.0 Å². The molecule has 41 heavy (non-hydrogen) atoms. The highest BCUT2D eigenvalue weighted by molar-refractivity contribution is 5.96. The van der Waals surface area contributed by atoms with Crippen LogP contribution in [0.25, 0.3) is 10.9 Å². The molecule has 2 aliphatic rings. The minimum absolute atomic E-state index is 0.00788. The molecule has 1 saturated carbocycles. The zero-order chi connectivity index (χ0) is 28.8. The molecule has 3 atom stereocenters. The molecule has 5 rings (SSSR count). The molecule has 2 aromatic carbocycles. The second kappa shape index (κ2) is 13.1. The van der Waals surface area contributed by atoms with E-state index in [0.29, 0.717) is 43.7 Å². The number of hydrogen-bond acceptors (Lipinski definition) is 6. The third kappa shape index (κ3) is 7.03. The van der Waals surface area contributed by atoms with Crippen LogP contribution < -0.4 is 15.5 Å². The third-order valence-electron chi connectivity index (χ3n) is 8.36. The van der Waals surface area contributed by atoms with Crippen LogP contribution in [0.15, 0.2) is 54.6 Å². The number of nitrogens with zero attached hydrogens (tertiary/aromatic N) is 2. The maximum atomic E-state index is 13.2. The lowest BCUT2D eigenvalue weighted by Crippen LogP contribution is -2.43. The number of benzene rings is 2. The summed E-state index contributed by atoms with van der Waals surface area (Å²) < 4.78 is 6.03. The second-order valence-corrected chi connectivity index (χ2v) is 11.3. The van der Waals surface area contributed by atoms with Crippen molar-refractivity contribution in [3.05, 3.63) is 65.9 Å². The number of pyridine rings is 1. The van der Waals surface area contributed by atoms with E-state index in [9.17, 15) is 19.6 Å². The Labute approximate surface area is 240 Å². The van der Waals surface area contributed by atoms with Gasteiger partial charge in [-0.15, -0.1) is 0 Å². The Morgan fingerprint density at radius 2 is 1.73 bits per heavy atom. The van der Waals surface area contributed by atoms with Crippen molar-refractivity contribution in [2.75, 3.05) is 18.4 Å². The number of ether oxygens (including phenoxy) is 1. The fourth-order valence-corrected chi connectivity index (χ4v) is 6.19. The quantitative estimate of drug-likeness (QED) is 0.264.